The molecule has 0 spiro atoms. The lowest BCUT2D eigenvalue weighted by Crippen LogP contribution is -2.46. The predicted molar refractivity (Wildman–Crippen MR) is 135 cm³/mol. The van der Waals surface area contributed by atoms with E-state index < -0.39 is 36.1 Å². The van der Waals surface area contributed by atoms with Gasteiger partial charge in [-0.2, -0.15) is 26.3 Å². The second-order valence-electron chi connectivity index (χ2n) is 8.94. The third kappa shape index (κ3) is 9.09. The number of halogens is 6. The first kappa shape index (κ1) is 31.8. The highest BCUT2D eigenvalue weighted by atomic mass is 19.4. The SMILES string of the molecule is CC(=O)NCN(C)C(COCc1cc(C(F)(F)F)cc(C(F)(F)F)c1)C(c1ccccc1)c1ccccc1.O. The van der Waals surface area contributed by atoms with E-state index in [1.54, 1.807) is 7.05 Å². The van der Waals surface area contributed by atoms with E-state index >= 15 is 0 Å². The number of carbonyl (C=O) groups excluding carboxylic acids is 1. The van der Waals surface area contributed by atoms with Crippen LogP contribution in [0, 0.1) is 0 Å². The predicted octanol–water partition coefficient (Wildman–Crippen LogP) is 5.64. The standard InChI is InChI=1S/C28H28F6N2O2.H2O/c1-19(37)35-18-36(2)25(26(21-9-5-3-6-10-21)22-11-7-4-8-12-22)17-38-16-20-13-23(27(29,30)31)15-24(14-20)28(32,33)34;/h3-15,25-26H,16-18H2,1-2H3,(H,35,37);1H2. The van der Waals surface area contributed by atoms with Crippen LogP contribution in [0.3, 0.4) is 0 Å². The Kier molecular flexibility index (Phi) is 11.1. The molecule has 0 aliphatic carbocycles. The average molecular weight is 557 g/mol. The van der Waals surface area contributed by atoms with E-state index in [-0.39, 0.29) is 42.2 Å². The molecule has 1 atom stereocenters. The molecule has 39 heavy (non-hydrogen) atoms. The van der Waals surface area contributed by atoms with Crippen molar-refractivity contribution in [3.63, 3.8) is 0 Å². The van der Waals surface area contributed by atoms with Gasteiger partial charge in [0, 0.05) is 18.9 Å². The third-order valence-corrected chi connectivity index (χ3v) is 6.05. The van der Waals surface area contributed by atoms with E-state index in [0.29, 0.717) is 12.1 Å². The first-order chi connectivity index (χ1) is 17.9. The number of hydrogen-bond donors (Lipinski definition) is 1. The van der Waals surface area contributed by atoms with Crippen molar-refractivity contribution in [2.75, 3.05) is 20.3 Å². The van der Waals surface area contributed by atoms with E-state index in [0.717, 1.165) is 11.1 Å². The number of amides is 1. The lowest BCUT2D eigenvalue weighted by atomic mass is 9.84. The molecule has 1 amide bonds. The maximum absolute atomic E-state index is 13.3. The monoisotopic (exact) mass is 556 g/mol. The second-order valence-corrected chi connectivity index (χ2v) is 8.94. The fourth-order valence-corrected chi connectivity index (χ4v) is 4.19. The van der Waals surface area contributed by atoms with Crippen LogP contribution in [0.15, 0.2) is 78.9 Å². The Morgan fingerprint density at radius 2 is 1.31 bits per heavy atom. The van der Waals surface area contributed by atoms with Crippen LogP contribution in [0.1, 0.15) is 40.7 Å². The van der Waals surface area contributed by atoms with Crippen molar-refractivity contribution in [2.24, 2.45) is 0 Å². The summed E-state index contributed by atoms with van der Waals surface area (Å²) < 4.78 is 85.4. The summed E-state index contributed by atoms with van der Waals surface area (Å²) in [5.74, 6) is -0.528. The number of ether oxygens (including phenoxy) is 1. The summed E-state index contributed by atoms with van der Waals surface area (Å²) in [6, 6.07) is 19.9. The summed E-state index contributed by atoms with van der Waals surface area (Å²) in [5.41, 5.74) is -1.17. The van der Waals surface area contributed by atoms with Crippen molar-refractivity contribution >= 4 is 5.91 Å². The largest absolute Gasteiger partial charge is 0.416 e. The van der Waals surface area contributed by atoms with Gasteiger partial charge in [0.1, 0.15) is 0 Å². The van der Waals surface area contributed by atoms with Crippen molar-refractivity contribution in [2.45, 2.75) is 37.8 Å². The molecule has 0 aliphatic heterocycles. The van der Waals surface area contributed by atoms with Crippen LogP contribution in [-0.4, -0.2) is 42.6 Å². The molecule has 3 rings (SSSR count). The zero-order chi connectivity index (χ0) is 27.9. The first-order valence-corrected chi connectivity index (χ1v) is 11.8. The Balaban J connectivity index is 0.00000533. The maximum atomic E-state index is 13.3. The number of likely N-dealkylation sites (N-methyl/N-ethyl adjacent to an activating group) is 1. The number of nitrogens with one attached hydrogen (secondary N) is 1. The molecular weight excluding hydrogens is 526 g/mol. The first-order valence-electron chi connectivity index (χ1n) is 11.8. The molecule has 0 saturated heterocycles. The van der Waals surface area contributed by atoms with Crippen molar-refractivity contribution < 1.29 is 41.4 Å². The maximum Gasteiger partial charge on any atom is 0.416 e. The Morgan fingerprint density at radius 1 is 0.846 bits per heavy atom. The molecule has 0 fully saturated rings. The molecule has 11 heteroatoms. The Hall–Kier alpha value is -3.41. The van der Waals surface area contributed by atoms with Gasteiger partial charge in [-0.05, 0) is 41.9 Å². The molecule has 0 aliphatic rings. The molecule has 0 saturated carbocycles. The van der Waals surface area contributed by atoms with Crippen LogP contribution in [0.2, 0.25) is 0 Å². The molecule has 0 bridgehead atoms. The number of hydrogen-bond acceptors (Lipinski definition) is 3. The smallest absolute Gasteiger partial charge is 0.412 e. The molecule has 3 N–H and O–H groups in total. The van der Waals surface area contributed by atoms with Gasteiger partial charge >= 0.3 is 12.4 Å². The average Bonchev–Trinajstić information content (AvgIpc) is 2.86. The summed E-state index contributed by atoms with van der Waals surface area (Å²) in [6.07, 6.45) is -9.88. The number of rotatable bonds is 10. The minimum Gasteiger partial charge on any atom is -0.412 e. The Morgan fingerprint density at radius 3 is 1.72 bits per heavy atom. The van der Waals surface area contributed by atoms with Crippen LogP contribution < -0.4 is 5.32 Å². The van der Waals surface area contributed by atoms with Crippen LogP contribution in [0.4, 0.5) is 26.3 Å². The fraction of sp³-hybridized carbons (Fsp3) is 0.321. The van der Waals surface area contributed by atoms with Gasteiger partial charge in [0.2, 0.25) is 5.91 Å². The Labute approximate surface area is 222 Å². The third-order valence-electron chi connectivity index (χ3n) is 6.05. The quantitative estimate of drug-likeness (QED) is 0.260. The van der Waals surface area contributed by atoms with Gasteiger partial charge in [-0.15, -0.1) is 0 Å². The molecule has 0 radical (unpaired) electrons. The summed E-state index contributed by atoms with van der Waals surface area (Å²) in [4.78, 5) is 13.4. The molecule has 0 heterocycles. The van der Waals surface area contributed by atoms with Crippen molar-refractivity contribution in [1.29, 1.82) is 0 Å². The molecule has 5 nitrogen and oxygen atoms in total. The number of alkyl halides is 6. The van der Waals surface area contributed by atoms with E-state index in [4.69, 9.17) is 4.74 Å². The van der Waals surface area contributed by atoms with Crippen LogP contribution in [0.5, 0.6) is 0 Å². The molecule has 212 valence electrons. The lowest BCUT2D eigenvalue weighted by molar-refractivity contribution is -0.143. The molecule has 3 aromatic rings. The minimum atomic E-state index is -4.94. The van der Waals surface area contributed by atoms with Gasteiger partial charge in [-0.3, -0.25) is 9.69 Å². The number of nitrogens with zero attached hydrogens (tertiary/aromatic N) is 1. The van der Waals surface area contributed by atoms with E-state index in [1.165, 1.54) is 6.92 Å². The van der Waals surface area contributed by atoms with E-state index in [1.807, 2.05) is 65.6 Å². The molecular formula is C28H30F6N2O3. The van der Waals surface area contributed by atoms with Crippen molar-refractivity contribution in [3.8, 4) is 0 Å². The van der Waals surface area contributed by atoms with Crippen molar-refractivity contribution in [1.82, 2.24) is 10.2 Å². The summed E-state index contributed by atoms with van der Waals surface area (Å²) in [7, 11) is 1.76. The van der Waals surface area contributed by atoms with Crippen molar-refractivity contribution in [3.05, 3.63) is 107 Å². The summed E-state index contributed by atoms with van der Waals surface area (Å²) >= 11 is 0. The van der Waals surface area contributed by atoms with Gasteiger partial charge in [-0.1, -0.05) is 60.7 Å². The van der Waals surface area contributed by atoms with Gasteiger partial charge in [0.25, 0.3) is 0 Å². The minimum absolute atomic E-state index is 0. The van der Waals surface area contributed by atoms with Gasteiger partial charge in [-0.25, -0.2) is 0 Å². The highest BCUT2D eigenvalue weighted by molar-refractivity contribution is 5.72. The van der Waals surface area contributed by atoms with E-state index in [2.05, 4.69) is 5.32 Å². The summed E-state index contributed by atoms with van der Waals surface area (Å²) in [5, 5.41) is 2.72. The van der Waals surface area contributed by atoms with Gasteiger partial charge in [0.05, 0.1) is 31.0 Å². The highest BCUT2D eigenvalue weighted by Gasteiger charge is 2.37. The van der Waals surface area contributed by atoms with Gasteiger partial charge < -0.3 is 15.5 Å². The molecule has 3 aromatic carbocycles. The normalized spacial score (nSPS) is 12.8. The Bertz CT molecular complexity index is 1120. The van der Waals surface area contributed by atoms with E-state index in [9.17, 15) is 31.1 Å². The van der Waals surface area contributed by atoms with Crippen LogP contribution in [-0.2, 0) is 28.5 Å². The summed E-state index contributed by atoms with van der Waals surface area (Å²) in [6.45, 7) is 1.02. The van der Waals surface area contributed by atoms with Crippen LogP contribution >= 0.6 is 0 Å². The lowest BCUT2D eigenvalue weighted by Gasteiger charge is -2.35. The van der Waals surface area contributed by atoms with Gasteiger partial charge in [0.15, 0.2) is 0 Å². The topological polar surface area (TPSA) is 73.1 Å². The highest BCUT2D eigenvalue weighted by Crippen LogP contribution is 2.37. The second kappa shape index (κ2) is 13.6. The number of benzene rings is 3. The molecule has 1 unspecified atom stereocenters. The zero-order valence-corrected chi connectivity index (χ0v) is 21.3. The fourth-order valence-electron chi connectivity index (χ4n) is 4.19. The van der Waals surface area contributed by atoms with Crippen LogP contribution in [0.25, 0.3) is 0 Å². The zero-order valence-electron chi connectivity index (χ0n) is 21.3. The number of carbonyl (C=O) groups is 1. The molecule has 0 aromatic heterocycles.